The van der Waals surface area contributed by atoms with Gasteiger partial charge in [0.2, 0.25) is 0 Å². The molecule has 0 amide bonds. The first-order chi connectivity index (χ1) is 9.47. The molecule has 1 aliphatic carbocycles. The number of hydrogen-bond acceptors (Lipinski definition) is 3. The van der Waals surface area contributed by atoms with Crippen molar-refractivity contribution in [2.24, 2.45) is 0 Å². The highest BCUT2D eigenvalue weighted by Crippen LogP contribution is 2.37. The van der Waals surface area contributed by atoms with Crippen LogP contribution in [0.15, 0.2) is 34.8 Å². The van der Waals surface area contributed by atoms with Crippen molar-refractivity contribution in [2.45, 2.75) is 25.8 Å². The minimum atomic E-state index is -1.23. The number of aromatic nitrogens is 1. The molecule has 5 heteroatoms. The first kappa shape index (κ1) is 12.6. The molecule has 102 valence electrons. The van der Waals surface area contributed by atoms with Crippen LogP contribution in [0.1, 0.15) is 41.9 Å². The van der Waals surface area contributed by atoms with Crippen LogP contribution in [0.2, 0.25) is 0 Å². The van der Waals surface area contributed by atoms with E-state index < -0.39 is 11.4 Å². The first-order valence-corrected chi connectivity index (χ1v) is 6.40. The Bertz CT molecular complexity index is 752. The number of allylic oxidation sites excluding steroid dienone is 4. The molecule has 1 aromatic heterocycles. The third-order valence-corrected chi connectivity index (χ3v) is 3.82. The van der Waals surface area contributed by atoms with Crippen molar-refractivity contribution in [1.82, 2.24) is 4.57 Å². The van der Waals surface area contributed by atoms with Crippen molar-refractivity contribution in [3.05, 3.63) is 51.5 Å². The molecule has 0 fully saturated rings. The summed E-state index contributed by atoms with van der Waals surface area (Å²) in [7, 11) is 0. The summed E-state index contributed by atoms with van der Waals surface area (Å²) in [4.78, 5) is 34.5. The van der Waals surface area contributed by atoms with Crippen LogP contribution in [-0.2, 0) is 4.79 Å². The Hall–Kier alpha value is -2.43. The largest absolute Gasteiger partial charge is 0.477 e. The number of ketones is 1. The molecule has 0 bridgehead atoms. The van der Waals surface area contributed by atoms with Crippen LogP contribution < -0.4 is 5.43 Å². The summed E-state index contributed by atoms with van der Waals surface area (Å²) in [5, 5.41) is 9.04. The van der Waals surface area contributed by atoms with E-state index in [1.54, 1.807) is 16.7 Å². The van der Waals surface area contributed by atoms with E-state index in [1.165, 1.54) is 12.3 Å². The number of carboxylic acid groups (broad SMARTS) is 1. The van der Waals surface area contributed by atoms with Crippen molar-refractivity contribution in [3.63, 3.8) is 0 Å². The number of hydrogen-bond donors (Lipinski definition) is 1. The van der Waals surface area contributed by atoms with E-state index in [0.29, 0.717) is 5.69 Å². The molecule has 1 aliphatic heterocycles. The van der Waals surface area contributed by atoms with Gasteiger partial charge in [0.25, 0.3) is 0 Å². The number of aromatic carboxylic acids is 1. The van der Waals surface area contributed by atoms with Gasteiger partial charge >= 0.3 is 5.97 Å². The zero-order chi connectivity index (χ0) is 14.4. The van der Waals surface area contributed by atoms with Gasteiger partial charge in [-0.15, -0.1) is 0 Å². The molecule has 0 aromatic carbocycles. The third kappa shape index (κ3) is 1.82. The second-order valence-corrected chi connectivity index (χ2v) is 5.18. The highest BCUT2D eigenvalue weighted by molar-refractivity contribution is 6.01. The molecule has 0 spiro atoms. The number of fused-ring (bicyclic) bond motifs is 2. The highest BCUT2D eigenvalue weighted by atomic mass is 16.4. The monoisotopic (exact) mass is 271 g/mol. The normalized spacial score (nSPS) is 20.6. The molecular formula is C15H13NO4. The second-order valence-electron chi connectivity index (χ2n) is 5.18. The highest BCUT2D eigenvalue weighted by Gasteiger charge is 2.27. The Labute approximate surface area is 114 Å². The summed E-state index contributed by atoms with van der Waals surface area (Å²) >= 11 is 0. The van der Waals surface area contributed by atoms with Crippen LogP contribution in [-0.4, -0.2) is 21.4 Å². The van der Waals surface area contributed by atoms with Crippen LogP contribution in [0, 0.1) is 0 Å². The fourth-order valence-electron chi connectivity index (χ4n) is 2.82. The fraction of sp³-hybridized carbons (Fsp3) is 0.267. The molecule has 0 radical (unpaired) electrons. The predicted molar refractivity (Wildman–Crippen MR) is 72.7 cm³/mol. The topological polar surface area (TPSA) is 76.4 Å². The maximum atomic E-state index is 11.9. The summed E-state index contributed by atoms with van der Waals surface area (Å²) in [6, 6.07) is 1.39. The van der Waals surface area contributed by atoms with Gasteiger partial charge in [-0.2, -0.15) is 0 Å². The number of carbonyl (C=O) groups is 2. The lowest BCUT2D eigenvalue weighted by Crippen LogP contribution is -2.25. The molecule has 3 rings (SSSR count). The van der Waals surface area contributed by atoms with Crippen LogP contribution in [0.3, 0.4) is 0 Å². The fourth-order valence-corrected chi connectivity index (χ4v) is 2.82. The summed E-state index contributed by atoms with van der Waals surface area (Å²) < 4.78 is 1.79. The van der Waals surface area contributed by atoms with Crippen molar-refractivity contribution in [3.8, 4) is 0 Å². The van der Waals surface area contributed by atoms with Gasteiger partial charge < -0.3 is 9.67 Å². The standard InChI is InChI=1S/C15H13NO4/c1-8-4-9-2-3-10(17)5-11(9)13-6-14(18)12(15(19)20)7-16(8)13/h2-3,6-8H,4-5H2,1H3,(H,19,20)/t8-/m1/s1. The van der Waals surface area contributed by atoms with E-state index in [-0.39, 0.29) is 23.8 Å². The van der Waals surface area contributed by atoms with Crippen LogP contribution in [0.5, 0.6) is 0 Å². The summed E-state index contributed by atoms with van der Waals surface area (Å²) in [6.45, 7) is 1.97. The van der Waals surface area contributed by atoms with Crippen molar-refractivity contribution in [2.75, 3.05) is 0 Å². The number of carboxylic acids is 1. The molecular weight excluding hydrogens is 258 g/mol. The van der Waals surface area contributed by atoms with E-state index in [9.17, 15) is 14.4 Å². The van der Waals surface area contributed by atoms with E-state index in [0.717, 1.165) is 17.6 Å². The molecule has 1 N–H and O–H groups in total. The molecule has 2 aliphatic rings. The summed E-state index contributed by atoms with van der Waals surface area (Å²) in [6.07, 6.45) is 5.75. The average Bonchev–Trinajstić information content (AvgIpc) is 2.39. The summed E-state index contributed by atoms with van der Waals surface area (Å²) in [5.74, 6) is -1.23. The third-order valence-electron chi connectivity index (χ3n) is 3.82. The number of nitrogens with zero attached hydrogens (tertiary/aromatic N) is 1. The van der Waals surface area contributed by atoms with E-state index >= 15 is 0 Å². The van der Waals surface area contributed by atoms with Crippen LogP contribution in [0.4, 0.5) is 0 Å². The van der Waals surface area contributed by atoms with Crippen molar-refractivity contribution < 1.29 is 14.7 Å². The maximum Gasteiger partial charge on any atom is 0.341 e. The van der Waals surface area contributed by atoms with Gasteiger partial charge in [-0.3, -0.25) is 9.59 Å². The summed E-state index contributed by atoms with van der Waals surface area (Å²) in [5.41, 5.74) is 1.80. The minimum Gasteiger partial charge on any atom is -0.477 e. The Morgan fingerprint density at radius 3 is 2.80 bits per heavy atom. The smallest absolute Gasteiger partial charge is 0.341 e. The molecule has 0 saturated carbocycles. The molecule has 5 nitrogen and oxygen atoms in total. The van der Waals surface area contributed by atoms with Gasteiger partial charge in [-0.1, -0.05) is 6.08 Å². The second kappa shape index (κ2) is 4.30. The molecule has 1 aromatic rings. The Kier molecular flexibility index (Phi) is 2.71. The Morgan fingerprint density at radius 2 is 2.10 bits per heavy atom. The van der Waals surface area contributed by atoms with Gasteiger partial charge in [0.15, 0.2) is 11.2 Å². The molecule has 20 heavy (non-hydrogen) atoms. The Balaban J connectivity index is 2.25. The van der Waals surface area contributed by atoms with Gasteiger partial charge in [0.1, 0.15) is 5.56 Å². The first-order valence-electron chi connectivity index (χ1n) is 6.40. The van der Waals surface area contributed by atoms with E-state index in [2.05, 4.69) is 0 Å². The molecule has 0 saturated heterocycles. The van der Waals surface area contributed by atoms with Crippen LogP contribution in [0.25, 0.3) is 5.57 Å². The van der Waals surface area contributed by atoms with Crippen molar-refractivity contribution >= 4 is 17.3 Å². The van der Waals surface area contributed by atoms with E-state index in [4.69, 9.17) is 5.11 Å². The van der Waals surface area contributed by atoms with Gasteiger partial charge in [-0.25, -0.2) is 4.79 Å². The van der Waals surface area contributed by atoms with Crippen molar-refractivity contribution in [1.29, 1.82) is 0 Å². The Morgan fingerprint density at radius 1 is 1.35 bits per heavy atom. The molecule has 1 atom stereocenters. The number of pyridine rings is 1. The van der Waals surface area contributed by atoms with Gasteiger partial charge in [0.05, 0.1) is 0 Å². The SMILES string of the molecule is C[C@@H]1CC2=C(CC(=O)C=C2)c2cc(=O)c(C(=O)O)cn21. The maximum absolute atomic E-state index is 11.9. The zero-order valence-electron chi connectivity index (χ0n) is 10.9. The molecule has 2 heterocycles. The predicted octanol–water partition coefficient (Wildman–Crippen LogP) is 1.79. The number of rotatable bonds is 1. The van der Waals surface area contributed by atoms with Crippen LogP contribution >= 0.6 is 0 Å². The lowest BCUT2D eigenvalue weighted by Gasteiger charge is -2.30. The van der Waals surface area contributed by atoms with Gasteiger partial charge in [-0.05, 0) is 30.6 Å². The molecule has 0 unspecified atom stereocenters. The lowest BCUT2D eigenvalue weighted by molar-refractivity contribution is -0.113. The van der Waals surface area contributed by atoms with Gasteiger partial charge in [0, 0.05) is 30.4 Å². The average molecular weight is 271 g/mol. The minimum absolute atomic E-state index is 0.000358. The zero-order valence-corrected chi connectivity index (χ0v) is 10.9. The quantitative estimate of drug-likeness (QED) is 0.844. The van der Waals surface area contributed by atoms with E-state index in [1.807, 2.05) is 6.92 Å². The lowest BCUT2D eigenvalue weighted by atomic mass is 9.86. The number of carbonyl (C=O) groups excluding carboxylic acids is 1.